The monoisotopic (exact) mass is 286 g/mol. The van der Waals surface area contributed by atoms with E-state index in [9.17, 15) is 0 Å². The van der Waals surface area contributed by atoms with Gasteiger partial charge in [-0.15, -0.1) is 0 Å². The molecule has 104 valence electrons. The first-order valence-electron chi connectivity index (χ1n) is 6.54. The molecule has 0 amide bonds. The van der Waals surface area contributed by atoms with Gasteiger partial charge in [0.25, 0.3) is 0 Å². The Bertz CT molecular complexity index is 570. The van der Waals surface area contributed by atoms with Crippen LogP contribution in [-0.4, -0.2) is 11.2 Å². The predicted molar refractivity (Wildman–Crippen MR) is 88.5 cm³/mol. The molecule has 0 radical (unpaired) electrons. The van der Waals surface area contributed by atoms with E-state index < -0.39 is 0 Å². The van der Waals surface area contributed by atoms with E-state index in [2.05, 4.69) is 10.6 Å². The highest BCUT2D eigenvalue weighted by Gasteiger charge is 2.06. The maximum Gasteiger partial charge on any atom is 0.175 e. The lowest BCUT2D eigenvalue weighted by Crippen LogP contribution is -2.20. The molecule has 0 spiro atoms. The lowest BCUT2D eigenvalue weighted by molar-refractivity contribution is 0.244. The molecule has 0 saturated carbocycles. The minimum absolute atomic E-state index is 0.119. The van der Waals surface area contributed by atoms with Gasteiger partial charge in [0.1, 0.15) is 5.75 Å². The van der Waals surface area contributed by atoms with Crippen molar-refractivity contribution in [2.75, 3.05) is 10.6 Å². The summed E-state index contributed by atoms with van der Waals surface area (Å²) in [5.41, 5.74) is 1.81. The summed E-state index contributed by atoms with van der Waals surface area (Å²) < 4.78 is 5.75. The van der Waals surface area contributed by atoms with Crippen molar-refractivity contribution >= 4 is 28.7 Å². The Hall–Kier alpha value is -2.07. The molecule has 0 unspecified atom stereocenters. The van der Waals surface area contributed by atoms with Crippen molar-refractivity contribution in [2.24, 2.45) is 0 Å². The summed E-state index contributed by atoms with van der Waals surface area (Å²) in [6.45, 7) is 3.99. The van der Waals surface area contributed by atoms with Gasteiger partial charge in [0, 0.05) is 5.69 Å². The molecule has 0 aromatic heterocycles. The molecule has 0 heterocycles. The normalized spacial score (nSPS) is 10.2. The molecule has 0 atom stereocenters. The number of thiocarbonyl (C=S) groups is 1. The van der Waals surface area contributed by atoms with Crippen molar-refractivity contribution in [2.45, 2.75) is 20.0 Å². The highest BCUT2D eigenvalue weighted by molar-refractivity contribution is 7.80. The number of rotatable bonds is 4. The molecule has 2 aromatic carbocycles. The molecule has 0 saturated heterocycles. The molecule has 2 rings (SSSR count). The maximum absolute atomic E-state index is 5.75. The Morgan fingerprint density at radius 2 is 1.60 bits per heavy atom. The van der Waals surface area contributed by atoms with Crippen molar-refractivity contribution < 1.29 is 4.74 Å². The highest BCUT2D eigenvalue weighted by Crippen LogP contribution is 2.25. The summed E-state index contributed by atoms with van der Waals surface area (Å²) in [6, 6.07) is 17.6. The van der Waals surface area contributed by atoms with E-state index >= 15 is 0 Å². The van der Waals surface area contributed by atoms with Crippen molar-refractivity contribution in [1.29, 1.82) is 0 Å². The Morgan fingerprint density at radius 1 is 0.950 bits per heavy atom. The zero-order chi connectivity index (χ0) is 14.4. The summed E-state index contributed by atoms with van der Waals surface area (Å²) in [5, 5.41) is 6.83. The van der Waals surface area contributed by atoms with E-state index in [4.69, 9.17) is 17.0 Å². The standard InChI is InChI=1S/C16H18N2OS/c1-12(2)19-15-11-7-6-10-14(15)18-16(20)17-13-8-4-3-5-9-13/h3-12H,1-2H3,(H2,17,18,20). The topological polar surface area (TPSA) is 33.3 Å². The molecule has 0 aliphatic rings. The Balaban J connectivity index is 2.04. The van der Waals surface area contributed by atoms with Crippen molar-refractivity contribution in [3.8, 4) is 5.75 Å². The summed E-state index contributed by atoms with van der Waals surface area (Å²) in [5.74, 6) is 0.791. The average molecular weight is 286 g/mol. The van der Waals surface area contributed by atoms with E-state index in [1.54, 1.807) is 0 Å². The van der Waals surface area contributed by atoms with Gasteiger partial charge in [-0.3, -0.25) is 0 Å². The van der Waals surface area contributed by atoms with Crippen LogP contribution in [0.5, 0.6) is 5.75 Å². The van der Waals surface area contributed by atoms with Gasteiger partial charge in [-0.05, 0) is 50.3 Å². The SMILES string of the molecule is CC(C)Oc1ccccc1NC(=S)Nc1ccccc1. The zero-order valence-corrected chi connectivity index (χ0v) is 12.4. The molecule has 2 aromatic rings. The fraction of sp³-hybridized carbons (Fsp3) is 0.188. The minimum atomic E-state index is 0.119. The van der Waals surface area contributed by atoms with Crippen molar-refractivity contribution in [3.63, 3.8) is 0 Å². The van der Waals surface area contributed by atoms with Crippen molar-refractivity contribution in [1.82, 2.24) is 0 Å². The summed E-state index contributed by atoms with van der Waals surface area (Å²) in [7, 11) is 0. The Morgan fingerprint density at radius 3 is 2.30 bits per heavy atom. The third kappa shape index (κ3) is 4.24. The first-order chi connectivity index (χ1) is 9.65. The number of anilines is 2. The van der Waals surface area contributed by atoms with E-state index in [1.165, 1.54) is 0 Å². The first kappa shape index (κ1) is 14.3. The molecule has 0 fully saturated rings. The summed E-state index contributed by atoms with van der Waals surface area (Å²) >= 11 is 5.31. The van der Waals surface area contributed by atoms with Crippen LogP contribution in [-0.2, 0) is 0 Å². The minimum Gasteiger partial charge on any atom is -0.489 e. The van der Waals surface area contributed by atoms with E-state index in [-0.39, 0.29) is 6.10 Å². The molecule has 0 aliphatic carbocycles. The number of para-hydroxylation sites is 3. The summed E-state index contributed by atoms with van der Waals surface area (Å²) in [6.07, 6.45) is 0.119. The van der Waals surface area contributed by atoms with Crippen LogP contribution in [0.15, 0.2) is 54.6 Å². The Labute approximate surface area is 125 Å². The number of hydrogen-bond acceptors (Lipinski definition) is 2. The first-order valence-corrected chi connectivity index (χ1v) is 6.94. The van der Waals surface area contributed by atoms with Gasteiger partial charge in [0.15, 0.2) is 5.11 Å². The van der Waals surface area contributed by atoms with Crippen LogP contribution in [0.1, 0.15) is 13.8 Å². The molecular weight excluding hydrogens is 268 g/mol. The molecule has 20 heavy (non-hydrogen) atoms. The second-order valence-corrected chi connectivity index (χ2v) is 5.02. The second kappa shape index (κ2) is 6.91. The van der Waals surface area contributed by atoms with Gasteiger partial charge in [0.05, 0.1) is 11.8 Å². The number of hydrogen-bond donors (Lipinski definition) is 2. The average Bonchev–Trinajstić information content (AvgIpc) is 2.41. The second-order valence-electron chi connectivity index (χ2n) is 4.61. The fourth-order valence-electron chi connectivity index (χ4n) is 1.73. The van der Waals surface area contributed by atoms with Crippen LogP contribution < -0.4 is 15.4 Å². The maximum atomic E-state index is 5.75. The predicted octanol–water partition coefficient (Wildman–Crippen LogP) is 4.28. The third-order valence-corrected chi connectivity index (χ3v) is 2.73. The van der Waals surface area contributed by atoms with E-state index in [0.717, 1.165) is 17.1 Å². The van der Waals surface area contributed by atoms with Gasteiger partial charge in [-0.25, -0.2) is 0 Å². The largest absolute Gasteiger partial charge is 0.489 e. The molecule has 2 N–H and O–H groups in total. The number of ether oxygens (including phenoxy) is 1. The molecular formula is C16H18N2OS. The van der Waals surface area contributed by atoms with Crippen LogP contribution in [0, 0.1) is 0 Å². The lowest BCUT2D eigenvalue weighted by Gasteiger charge is -2.16. The van der Waals surface area contributed by atoms with E-state index in [1.807, 2.05) is 68.4 Å². The fourth-order valence-corrected chi connectivity index (χ4v) is 1.96. The molecule has 4 heteroatoms. The third-order valence-electron chi connectivity index (χ3n) is 2.53. The van der Waals surface area contributed by atoms with Crippen LogP contribution >= 0.6 is 12.2 Å². The van der Waals surface area contributed by atoms with Gasteiger partial charge in [0.2, 0.25) is 0 Å². The van der Waals surface area contributed by atoms with E-state index in [0.29, 0.717) is 5.11 Å². The zero-order valence-electron chi connectivity index (χ0n) is 11.6. The van der Waals surface area contributed by atoms with Gasteiger partial charge >= 0.3 is 0 Å². The van der Waals surface area contributed by atoms with Crippen LogP contribution in [0.25, 0.3) is 0 Å². The van der Waals surface area contributed by atoms with Crippen LogP contribution in [0.2, 0.25) is 0 Å². The number of nitrogens with one attached hydrogen (secondary N) is 2. The van der Waals surface area contributed by atoms with Gasteiger partial charge in [-0.1, -0.05) is 30.3 Å². The quantitative estimate of drug-likeness (QED) is 0.822. The summed E-state index contributed by atoms with van der Waals surface area (Å²) in [4.78, 5) is 0. The highest BCUT2D eigenvalue weighted by atomic mass is 32.1. The molecule has 0 bridgehead atoms. The van der Waals surface area contributed by atoms with Crippen molar-refractivity contribution in [3.05, 3.63) is 54.6 Å². The number of benzene rings is 2. The lowest BCUT2D eigenvalue weighted by atomic mass is 10.3. The van der Waals surface area contributed by atoms with Gasteiger partial charge < -0.3 is 15.4 Å². The van der Waals surface area contributed by atoms with Crippen LogP contribution in [0.4, 0.5) is 11.4 Å². The smallest absolute Gasteiger partial charge is 0.175 e. The van der Waals surface area contributed by atoms with Gasteiger partial charge in [-0.2, -0.15) is 0 Å². The van der Waals surface area contributed by atoms with Crippen LogP contribution in [0.3, 0.4) is 0 Å². The Kier molecular flexibility index (Phi) is 4.96. The molecule has 0 aliphatic heterocycles. The molecule has 3 nitrogen and oxygen atoms in total.